The van der Waals surface area contributed by atoms with Crippen molar-refractivity contribution in [1.82, 2.24) is 19.6 Å². The number of rotatable bonds is 3. The van der Waals surface area contributed by atoms with E-state index in [4.69, 9.17) is 0 Å². The molecule has 2 aliphatic rings. The normalized spacial score (nSPS) is 30.0. The summed E-state index contributed by atoms with van der Waals surface area (Å²) in [4.78, 5) is 4.83. The van der Waals surface area contributed by atoms with Crippen LogP contribution in [0.25, 0.3) is 0 Å². The minimum Gasteiger partial charge on any atom is -0.390 e. The van der Waals surface area contributed by atoms with Gasteiger partial charge < -0.3 is 5.11 Å². The van der Waals surface area contributed by atoms with Gasteiger partial charge in [0, 0.05) is 38.9 Å². The van der Waals surface area contributed by atoms with Crippen molar-refractivity contribution in [2.75, 3.05) is 26.2 Å². The number of hydrogen-bond acceptors (Lipinski definition) is 4. The number of piperidine rings is 1. The molecule has 2 atom stereocenters. The Morgan fingerprint density at radius 1 is 1.26 bits per heavy atom. The molecular weight excluding hydrogens is 240 g/mol. The number of aromatic nitrogens is 2. The summed E-state index contributed by atoms with van der Waals surface area (Å²) in [5.74, 6) is 0. The summed E-state index contributed by atoms with van der Waals surface area (Å²) in [6.45, 7) is 4.96. The van der Waals surface area contributed by atoms with E-state index in [0.29, 0.717) is 6.04 Å². The summed E-state index contributed by atoms with van der Waals surface area (Å²) in [5, 5.41) is 14.5. The van der Waals surface area contributed by atoms with Crippen LogP contribution < -0.4 is 0 Å². The van der Waals surface area contributed by atoms with Crippen molar-refractivity contribution in [3.63, 3.8) is 0 Å². The van der Waals surface area contributed by atoms with Crippen LogP contribution in [0, 0.1) is 0 Å². The zero-order valence-electron chi connectivity index (χ0n) is 11.7. The first-order valence-electron chi connectivity index (χ1n) is 7.35. The van der Waals surface area contributed by atoms with E-state index in [1.165, 1.54) is 25.0 Å². The number of aryl methyl sites for hydroxylation is 1. The van der Waals surface area contributed by atoms with E-state index in [9.17, 15) is 5.11 Å². The smallest absolute Gasteiger partial charge is 0.0834 e. The van der Waals surface area contributed by atoms with Crippen LogP contribution in [0.15, 0.2) is 12.3 Å². The topological polar surface area (TPSA) is 44.5 Å². The van der Waals surface area contributed by atoms with Crippen molar-refractivity contribution in [2.45, 2.75) is 38.0 Å². The second-order valence-electron chi connectivity index (χ2n) is 5.87. The van der Waals surface area contributed by atoms with Gasteiger partial charge in [-0.2, -0.15) is 5.10 Å². The van der Waals surface area contributed by atoms with E-state index in [0.717, 1.165) is 32.7 Å². The third kappa shape index (κ3) is 2.83. The number of hydrogen-bond donors (Lipinski definition) is 1. The van der Waals surface area contributed by atoms with Crippen molar-refractivity contribution in [3.05, 3.63) is 18.0 Å². The molecule has 0 amide bonds. The summed E-state index contributed by atoms with van der Waals surface area (Å²) in [6.07, 6.45) is 5.55. The lowest BCUT2D eigenvalue weighted by Gasteiger charge is -2.33. The Bertz CT molecular complexity index is 413. The third-order valence-electron chi connectivity index (χ3n) is 4.50. The molecule has 3 heterocycles. The molecule has 5 nitrogen and oxygen atoms in total. The average Bonchev–Trinajstić information content (AvgIpc) is 2.98. The highest BCUT2D eigenvalue weighted by atomic mass is 16.3. The van der Waals surface area contributed by atoms with Gasteiger partial charge in [-0.3, -0.25) is 14.5 Å². The van der Waals surface area contributed by atoms with Gasteiger partial charge in [0.05, 0.1) is 11.8 Å². The lowest BCUT2D eigenvalue weighted by atomic mass is 10.1. The number of aliphatic hydroxyl groups excluding tert-OH is 1. The molecule has 0 radical (unpaired) electrons. The molecule has 2 fully saturated rings. The first-order valence-corrected chi connectivity index (χ1v) is 7.35. The monoisotopic (exact) mass is 264 g/mol. The van der Waals surface area contributed by atoms with Gasteiger partial charge in [-0.05, 0) is 32.0 Å². The highest BCUT2D eigenvalue weighted by molar-refractivity contribution is 5.02. The van der Waals surface area contributed by atoms with Gasteiger partial charge in [0.25, 0.3) is 0 Å². The molecule has 0 spiro atoms. The van der Waals surface area contributed by atoms with Gasteiger partial charge >= 0.3 is 0 Å². The summed E-state index contributed by atoms with van der Waals surface area (Å²) in [5.41, 5.74) is 1.21. The maximum atomic E-state index is 10.3. The van der Waals surface area contributed by atoms with Crippen LogP contribution in [-0.4, -0.2) is 63.0 Å². The standard InChI is InChI=1S/C14H24N4O/c1-16-12(5-6-15-16)9-17-10-13(14(19)11-17)18-7-3-2-4-8-18/h5-6,13-14,19H,2-4,7-11H2,1H3/t13-,14-/m0/s1. The van der Waals surface area contributed by atoms with Crippen molar-refractivity contribution in [3.8, 4) is 0 Å². The Hall–Kier alpha value is -0.910. The number of β-amino-alcohol motifs (C(OH)–C–C–N with tert-alkyl or cyclic N) is 1. The van der Waals surface area contributed by atoms with Gasteiger partial charge in [-0.25, -0.2) is 0 Å². The Morgan fingerprint density at radius 3 is 2.74 bits per heavy atom. The first-order chi connectivity index (χ1) is 9.24. The highest BCUT2D eigenvalue weighted by Crippen LogP contribution is 2.21. The van der Waals surface area contributed by atoms with Crippen LogP contribution in [0.3, 0.4) is 0 Å². The lowest BCUT2D eigenvalue weighted by Crippen LogP contribution is -2.45. The van der Waals surface area contributed by atoms with E-state index in [1.54, 1.807) is 0 Å². The molecule has 2 saturated heterocycles. The first kappa shape index (κ1) is 13.1. The summed E-state index contributed by atoms with van der Waals surface area (Å²) in [6, 6.07) is 2.38. The molecule has 106 valence electrons. The van der Waals surface area contributed by atoms with Crippen LogP contribution in [0.1, 0.15) is 25.0 Å². The van der Waals surface area contributed by atoms with Gasteiger partial charge in [-0.15, -0.1) is 0 Å². The largest absolute Gasteiger partial charge is 0.390 e. The Labute approximate surface area is 114 Å². The zero-order chi connectivity index (χ0) is 13.2. The molecule has 2 aliphatic heterocycles. The van der Waals surface area contributed by atoms with Gasteiger partial charge in [-0.1, -0.05) is 6.42 Å². The Morgan fingerprint density at radius 2 is 2.05 bits per heavy atom. The van der Waals surface area contributed by atoms with Crippen LogP contribution in [0.2, 0.25) is 0 Å². The third-order valence-corrected chi connectivity index (χ3v) is 4.50. The maximum Gasteiger partial charge on any atom is 0.0834 e. The quantitative estimate of drug-likeness (QED) is 0.861. The summed E-state index contributed by atoms with van der Waals surface area (Å²) >= 11 is 0. The minimum atomic E-state index is -0.202. The lowest BCUT2D eigenvalue weighted by molar-refractivity contribution is 0.0706. The number of nitrogens with zero attached hydrogens (tertiary/aromatic N) is 4. The van der Waals surface area contributed by atoms with Gasteiger partial charge in [0.1, 0.15) is 0 Å². The van der Waals surface area contributed by atoms with Crippen LogP contribution in [-0.2, 0) is 13.6 Å². The fourth-order valence-electron chi connectivity index (χ4n) is 3.37. The molecule has 0 saturated carbocycles. The fourth-order valence-corrected chi connectivity index (χ4v) is 3.37. The summed E-state index contributed by atoms with van der Waals surface area (Å²) < 4.78 is 1.92. The van der Waals surface area contributed by atoms with Crippen LogP contribution >= 0.6 is 0 Å². The predicted molar refractivity (Wildman–Crippen MR) is 73.7 cm³/mol. The SMILES string of the molecule is Cn1nccc1CN1C[C@H](O)[C@@H](N2CCCCC2)C1. The van der Waals surface area contributed by atoms with E-state index < -0.39 is 0 Å². The van der Waals surface area contributed by atoms with E-state index in [1.807, 2.05) is 17.9 Å². The molecule has 1 aromatic heterocycles. The minimum absolute atomic E-state index is 0.202. The summed E-state index contributed by atoms with van der Waals surface area (Å²) in [7, 11) is 1.98. The fraction of sp³-hybridized carbons (Fsp3) is 0.786. The molecule has 0 unspecified atom stereocenters. The Balaban J connectivity index is 1.59. The molecule has 1 aromatic rings. The number of aliphatic hydroxyl groups is 1. The Kier molecular flexibility index (Phi) is 3.86. The van der Waals surface area contributed by atoms with Crippen LogP contribution in [0.5, 0.6) is 0 Å². The number of likely N-dealkylation sites (tertiary alicyclic amines) is 2. The van der Waals surface area contributed by atoms with Gasteiger partial charge in [0.2, 0.25) is 0 Å². The predicted octanol–water partition coefficient (Wildman–Crippen LogP) is 0.451. The van der Waals surface area contributed by atoms with E-state index >= 15 is 0 Å². The van der Waals surface area contributed by atoms with E-state index in [-0.39, 0.29) is 6.10 Å². The molecule has 0 aliphatic carbocycles. The van der Waals surface area contributed by atoms with Gasteiger partial charge in [0.15, 0.2) is 0 Å². The molecule has 3 rings (SSSR count). The molecule has 19 heavy (non-hydrogen) atoms. The molecule has 5 heteroatoms. The highest BCUT2D eigenvalue weighted by Gasteiger charge is 2.35. The van der Waals surface area contributed by atoms with Crippen LogP contribution in [0.4, 0.5) is 0 Å². The van der Waals surface area contributed by atoms with Crippen molar-refractivity contribution < 1.29 is 5.11 Å². The van der Waals surface area contributed by atoms with Crippen molar-refractivity contribution >= 4 is 0 Å². The molecule has 0 bridgehead atoms. The van der Waals surface area contributed by atoms with Crippen molar-refractivity contribution in [1.29, 1.82) is 0 Å². The molecular formula is C14H24N4O. The second kappa shape index (κ2) is 5.61. The molecule has 1 N–H and O–H groups in total. The maximum absolute atomic E-state index is 10.3. The van der Waals surface area contributed by atoms with E-state index in [2.05, 4.69) is 21.0 Å². The second-order valence-corrected chi connectivity index (χ2v) is 5.87. The average molecular weight is 264 g/mol. The van der Waals surface area contributed by atoms with Crippen molar-refractivity contribution in [2.24, 2.45) is 7.05 Å². The molecule has 0 aromatic carbocycles. The zero-order valence-corrected chi connectivity index (χ0v) is 11.7.